The predicted molar refractivity (Wildman–Crippen MR) is 124 cm³/mol. The van der Waals surface area contributed by atoms with Crippen LogP contribution in [0.5, 0.6) is 11.5 Å². The van der Waals surface area contributed by atoms with Gasteiger partial charge in [-0.3, -0.25) is 0 Å². The third kappa shape index (κ3) is 7.69. The van der Waals surface area contributed by atoms with Crippen molar-refractivity contribution >= 4 is 29.9 Å². The van der Waals surface area contributed by atoms with Gasteiger partial charge < -0.3 is 25.2 Å². The number of aliphatic hydroxyl groups excluding tert-OH is 1. The first kappa shape index (κ1) is 25.0. The minimum absolute atomic E-state index is 0. The summed E-state index contributed by atoms with van der Waals surface area (Å²) in [6.07, 6.45) is 0.788. The number of guanidine groups is 1. The largest absolute Gasteiger partial charge is 0.493 e. The molecule has 0 saturated carbocycles. The number of hydrogen-bond donors (Lipinski definition) is 3. The Hall–Kier alpha value is -2.07. The Labute approximate surface area is 188 Å². The van der Waals surface area contributed by atoms with Crippen LogP contribution < -0.4 is 20.1 Å². The Balaban J connectivity index is 0.00000420. The normalized spacial score (nSPS) is 10.9. The highest BCUT2D eigenvalue weighted by Gasteiger charge is 2.06. The highest BCUT2D eigenvalue weighted by atomic mass is 127. The molecular weight excluding hydrogens is 488 g/mol. The number of rotatable bonds is 9. The monoisotopic (exact) mass is 517 g/mol. The Morgan fingerprint density at radius 1 is 1.03 bits per heavy atom. The lowest BCUT2D eigenvalue weighted by atomic mass is 10.1. The van der Waals surface area contributed by atoms with Crippen LogP contribution in [0.4, 0.5) is 4.39 Å². The van der Waals surface area contributed by atoms with Crippen molar-refractivity contribution in [1.82, 2.24) is 10.6 Å². The number of aliphatic imine (C=N–C) groups is 1. The van der Waals surface area contributed by atoms with Gasteiger partial charge in [-0.15, -0.1) is 24.0 Å². The Morgan fingerprint density at radius 3 is 2.41 bits per heavy atom. The molecule has 0 bridgehead atoms. The van der Waals surface area contributed by atoms with Crippen molar-refractivity contribution in [3.63, 3.8) is 0 Å². The summed E-state index contributed by atoms with van der Waals surface area (Å²) in [7, 11) is 3.23. The van der Waals surface area contributed by atoms with E-state index in [4.69, 9.17) is 9.47 Å². The molecule has 0 aliphatic rings. The molecule has 2 aromatic carbocycles. The smallest absolute Gasteiger partial charge is 0.191 e. The van der Waals surface area contributed by atoms with E-state index in [0.29, 0.717) is 30.5 Å². The topological polar surface area (TPSA) is 75.1 Å². The highest BCUT2D eigenvalue weighted by molar-refractivity contribution is 14.0. The van der Waals surface area contributed by atoms with Crippen molar-refractivity contribution in [2.45, 2.75) is 26.5 Å². The molecule has 2 aromatic rings. The molecule has 8 heteroatoms. The average molecular weight is 517 g/mol. The van der Waals surface area contributed by atoms with Crippen LogP contribution in [0.1, 0.15) is 23.6 Å². The number of hydrogen-bond acceptors (Lipinski definition) is 4. The molecule has 160 valence electrons. The summed E-state index contributed by atoms with van der Waals surface area (Å²) in [5.74, 6) is 1.68. The van der Waals surface area contributed by atoms with Crippen molar-refractivity contribution < 1.29 is 19.0 Å². The molecule has 0 aliphatic carbocycles. The first-order valence-corrected chi connectivity index (χ1v) is 9.22. The Kier molecular flexibility index (Phi) is 11.4. The maximum absolute atomic E-state index is 13.5. The van der Waals surface area contributed by atoms with E-state index < -0.39 is 5.82 Å². The number of benzene rings is 2. The predicted octanol–water partition coefficient (Wildman–Crippen LogP) is 3.25. The summed E-state index contributed by atoms with van der Waals surface area (Å²) in [5.41, 5.74) is 2.23. The number of nitrogens with one attached hydrogen (secondary N) is 2. The van der Waals surface area contributed by atoms with Gasteiger partial charge >= 0.3 is 0 Å². The van der Waals surface area contributed by atoms with Crippen molar-refractivity contribution in [3.8, 4) is 11.5 Å². The third-order valence-corrected chi connectivity index (χ3v) is 4.20. The van der Waals surface area contributed by atoms with Crippen LogP contribution >= 0.6 is 24.0 Å². The molecule has 29 heavy (non-hydrogen) atoms. The van der Waals surface area contributed by atoms with Crippen LogP contribution in [0.15, 0.2) is 41.4 Å². The third-order valence-electron chi connectivity index (χ3n) is 4.20. The number of methoxy groups -OCH3 is 2. The molecule has 3 N–H and O–H groups in total. The maximum atomic E-state index is 13.5. The number of halogens is 2. The summed E-state index contributed by atoms with van der Waals surface area (Å²) in [6.45, 7) is 3.47. The molecule has 0 atom stereocenters. The van der Waals surface area contributed by atoms with Crippen molar-refractivity contribution in [3.05, 3.63) is 58.9 Å². The lowest BCUT2D eigenvalue weighted by molar-refractivity contribution is 0.275. The standard InChI is InChI=1S/C21H28FN3O3.HI/c1-4-23-21(25-13-16-5-7-18(22)17(11-16)14-26)24-10-9-15-6-8-19(27-2)20(12-15)28-3;/h5-8,11-12,26H,4,9-10,13-14H2,1-3H3,(H2,23,24,25);1H. The van der Waals surface area contributed by atoms with Gasteiger partial charge in [0.05, 0.1) is 27.4 Å². The summed E-state index contributed by atoms with van der Waals surface area (Å²) in [5, 5.41) is 15.7. The van der Waals surface area contributed by atoms with Crippen molar-refractivity contribution in [1.29, 1.82) is 0 Å². The van der Waals surface area contributed by atoms with E-state index in [-0.39, 0.29) is 36.1 Å². The highest BCUT2D eigenvalue weighted by Crippen LogP contribution is 2.27. The minimum atomic E-state index is -0.407. The Morgan fingerprint density at radius 2 is 1.76 bits per heavy atom. The van der Waals surface area contributed by atoms with Crippen LogP contribution in [0.2, 0.25) is 0 Å². The van der Waals surface area contributed by atoms with Gasteiger partial charge in [0, 0.05) is 18.7 Å². The fourth-order valence-corrected chi connectivity index (χ4v) is 2.72. The molecule has 6 nitrogen and oxygen atoms in total. The maximum Gasteiger partial charge on any atom is 0.191 e. The average Bonchev–Trinajstić information content (AvgIpc) is 2.72. The summed E-state index contributed by atoms with van der Waals surface area (Å²) in [6, 6.07) is 10.5. The Bertz CT molecular complexity index is 803. The van der Waals surface area contributed by atoms with Gasteiger partial charge in [0.2, 0.25) is 0 Å². The van der Waals surface area contributed by atoms with E-state index in [2.05, 4.69) is 15.6 Å². The van der Waals surface area contributed by atoms with E-state index in [0.717, 1.165) is 24.1 Å². The SMILES string of the molecule is CCNC(=NCc1ccc(F)c(CO)c1)NCCc1ccc(OC)c(OC)c1.I. The first-order chi connectivity index (χ1) is 13.6. The first-order valence-electron chi connectivity index (χ1n) is 9.22. The molecule has 0 aromatic heterocycles. The van der Waals surface area contributed by atoms with Gasteiger partial charge in [-0.25, -0.2) is 9.38 Å². The van der Waals surface area contributed by atoms with Crippen LogP contribution in [-0.2, 0) is 19.6 Å². The van der Waals surface area contributed by atoms with E-state index in [1.54, 1.807) is 26.4 Å². The van der Waals surface area contributed by atoms with Gasteiger partial charge in [0.1, 0.15) is 5.82 Å². The number of nitrogens with zero attached hydrogens (tertiary/aromatic N) is 1. The molecule has 0 spiro atoms. The molecule has 2 rings (SSSR count). The van der Waals surface area contributed by atoms with Crippen LogP contribution in [-0.4, -0.2) is 38.4 Å². The van der Waals surface area contributed by atoms with Crippen LogP contribution in [0.25, 0.3) is 0 Å². The quantitative estimate of drug-likeness (QED) is 0.271. The molecule has 0 radical (unpaired) electrons. The van der Waals surface area contributed by atoms with E-state index in [1.807, 2.05) is 25.1 Å². The number of ether oxygens (including phenoxy) is 2. The number of aliphatic hydroxyl groups is 1. The zero-order valence-electron chi connectivity index (χ0n) is 17.0. The summed E-state index contributed by atoms with van der Waals surface area (Å²) < 4.78 is 24.1. The summed E-state index contributed by atoms with van der Waals surface area (Å²) in [4.78, 5) is 4.53. The fraction of sp³-hybridized carbons (Fsp3) is 0.381. The second-order valence-corrected chi connectivity index (χ2v) is 6.15. The van der Waals surface area contributed by atoms with Gasteiger partial charge in [0.15, 0.2) is 17.5 Å². The van der Waals surface area contributed by atoms with E-state index in [9.17, 15) is 9.50 Å². The van der Waals surface area contributed by atoms with E-state index >= 15 is 0 Å². The second-order valence-electron chi connectivity index (χ2n) is 6.15. The molecule has 0 unspecified atom stereocenters. The van der Waals surface area contributed by atoms with Gasteiger partial charge in [-0.05, 0) is 48.7 Å². The fourth-order valence-electron chi connectivity index (χ4n) is 2.72. The zero-order valence-corrected chi connectivity index (χ0v) is 19.3. The van der Waals surface area contributed by atoms with Gasteiger partial charge in [-0.1, -0.05) is 12.1 Å². The van der Waals surface area contributed by atoms with Crippen LogP contribution in [0.3, 0.4) is 0 Å². The molecule has 0 saturated heterocycles. The van der Waals surface area contributed by atoms with Crippen LogP contribution in [0, 0.1) is 5.82 Å². The second kappa shape index (κ2) is 13.2. The van der Waals surface area contributed by atoms with E-state index in [1.165, 1.54) is 6.07 Å². The molecule has 0 heterocycles. The van der Waals surface area contributed by atoms with Gasteiger partial charge in [0.25, 0.3) is 0 Å². The van der Waals surface area contributed by atoms with Gasteiger partial charge in [-0.2, -0.15) is 0 Å². The molecule has 0 aliphatic heterocycles. The minimum Gasteiger partial charge on any atom is -0.493 e. The molecule has 0 fully saturated rings. The lowest BCUT2D eigenvalue weighted by Gasteiger charge is -2.13. The zero-order chi connectivity index (χ0) is 20.4. The summed E-state index contributed by atoms with van der Waals surface area (Å²) >= 11 is 0. The molecule has 0 amide bonds. The van der Waals surface area contributed by atoms with Crippen molar-refractivity contribution in [2.24, 2.45) is 4.99 Å². The lowest BCUT2D eigenvalue weighted by Crippen LogP contribution is -2.38. The van der Waals surface area contributed by atoms with Crippen molar-refractivity contribution in [2.75, 3.05) is 27.3 Å². The molecular formula is C21H29FIN3O3.